The van der Waals surface area contributed by atoms with Gasteiger partial charge in [0.05, 0.1) is 6.61 Å². The van der Waals surface area contributed by atoms with E-state index in [2.05, 4.69) is 33.9 Å². The topological polar surface area (TPSA) is 28.4 Å². The molecule has 3 rings (SSSR count). The lowest BCUT2D eigenvalue weighted by molar-refractivity contribution is 0.282. The quantitative estimate of drug-likeness (QED) is 0.893. The molecule has 1 fully saturated rings. The largest absolute Gasteiger partial charge is 0.392 e. The maximum absolute atomic E-state index is 9.14. The third-order valence-corrected chi connectivity index (χ3v) is 3.87. The van der Waals surface area contributed by atoms with E-state index in [1.807, 2.05) is 6.07 Å². The van der Waals surface area contributed by atoms with Crippen LogP contribution in [0.3, 0.4) is 0 Å². The van der Waals surface area contributed by atoms with E-state index < -0.39 is 0 Å². The number of rotatable bonds is 4. The summed E-state index contributed by atoms with van der Waals surface area (Å²) in [4.78, 5) is 2.54. The standard InChI is InChI=1S/C15H20N2O/c18-12-13-3-4-15-14(11-13)5-8-17(15)10-9-16-6-1-2-7-16/h3-5,8,11,18H,1-2,6-7,9-10,12H2. The van der Waals surface area contributed by atoms with Crippen molar-refractivity contribution in [3.8, 4) is 0 Å². The summed E-state index contributed by atoms with van der Waals surface area (Å²) < 4.78 is 2.31. The van der Waals surface area contributed by atoms with Gasteiger partial charge in [0.15, 0.2) is 0 Å². The predicted molar refractivity (Wildman–Crippen MR) is 73.5 cm³/mol. The number of benzene rings is 1. The minimum absolute atomic E-state index is 0.120. The Kier molecular flexibility index (Phi) is 3.35. The Morgan fingerprint density at radius 1 is 1.06 bits per heavy atom. The summed E-state index contributed by atoms with van der Waals surface area (Å²) in [7, 11) is 0. The highest BCUT2D eigenvalue weighted by Crippen LogP contribution is 2.18. The van der Waals surface area contributed by atoms with Crippen LogP contribution in [0.15, 0.2) is 30.5 Å². The lowest BCUT2D eigenvalue weighted by Crippen LogP contribution is -2.23. The molecule has 96 valence electrons. The van der Waals surface area contributed by atoms with Crippen LogP contribution in [-0.4, -0.2) is 34.2 Å². The molecule has 0 atom stereocenters. The number of fused-ring (bicyclic) bond motifs is 1. The molecular weight excluding hydrogens is 224 g/mol. The van der Waals surface area contributed by atoms with Crippen LogP contribution in [0.5, 0.6) is 0 Å². The first-order valence-electron chi connectivity index (χ1n) is 6.78. The van der Waals surface area contributed by atoms with E-state index >= 15 is 0 Å². The van der Waals surface area contributed by atoms with Gasteiger partial charge in [0, 0.05) is 24.8 Å². The van der Waals surface area contributed by atoms with E-state index in [1.165, 1.54) is 36.8 Å². The van der Waals surface area contributed by atoms with Gasteiger partial charge in [-0.2, -0.15) is 0 Å². The normalized spacial score (nSPS) is 16.7. The molecule has 1 saturated heterocycles. The average Bonchev–Trinajstić information content (AvgIpc) is 3.05. The van der Waals surface area contributed by atoms with Crippen LogP contribution in [0.4, 0.5) is 0 Å². The molecule has 1 aromatic carbocycles. The SMILES string of the molecule is OCc1ccc2c(ccn2CCN2CCCC2)c1. The molecule has 1 aliphatic rings. The van der Waals surface area contributed by atoms with Gasteiger partial charge >= 0.3 is 0 Å². The number of likely N-dealkylation sites (tertiary alicyclic amines) is 1. The van der Waals surface area contributed by atoms with Crippen molar-refractivity contribution in [3.05, 3.63) is 36.0 Å². The van der Waals surface area contributed by atoms with Gasteiger partial charge in [-0.05, 0) is 55.1 Å². The molecular formula is C15H20N2O. The fourth-order valence-electron chi connectivity index (χ4n) is 2.80. The summed E-state index contributed by atoms with van der Waals surface area (Å²) >= 11 is 0. The van der Waals surface area contributed by atoms with Gasteiger partial charge in [-0.3, -0.25) is 0 Å². The number of nitrogens with zero attached hydrogens (tertiary/aromatic N) is 2. The van der Waals surface area contributed by atoms with Gasteiger partial charge in [-0.1, -0.05) is 6.07 Å². The van der Waals surface area contributed by atoms with Crippen molar-refractivity contribution >= 4 is 10.9 Å². The summed E-state index contributed by atoms with van der Waals surface area (Å²) in [5, 5.41) is 10.4. The zero-order valence-electron chi connectivity index (χ0n) is 10.7. The van der Waals surface area contributed by atoms with Crippen LogP contribution in [-0.2, 0) is 13.2 Å². The average molecular weight is 244 g/mol. The van der Waals surface area contributed by atoms with Crippen molar-refractivity contribution in [2.45, 2.75) is 26.0 Å². The Morgan fingerprint density at radius 3 is 2.67 bits per heavy atom. The van der Waals surface area contributed by atoms with E-state index in [0.717, 1.165) is 18.7 Å². The number of hydrogen-bond acceptors (Lipinski definition) is 2. The molecule has 1 aromatic heterocycles. The summed E-state index contributed by atoms with van der Waals surface area (Å²) in [5.74, 6) is 0. The van der Waals surface area contributed by atoms with E-state index in [0.29, 0.717) is 0 Å². The van der Waals surface area contributed by atoms with Gasteiger partial charge in [0.25, 0.3) is 0 Å². The Morgan fingerprint density at radius 2 is 1.89 bits per heavy atom. The second-order valence-corrected chi connectivity index (χ2v) is 5.11. The van der Waals surface area contributed by atoms with Gasteiger partial charge in [0.2, 0.25) is 0 Å². The van der Waals surface area contributed by atoms with Crippen LogP contribution in [0.25, 0.3) is 10.9 Å². The van der Waals surface area contributed by atoms with Crippen molar-refractivity contribution in [1.29, 1.82) is 0 Å². The van der Waals surface area contributed by atoms with Crippen molar-refractivity contribution in [3.63, 3.8) is 0 Å². The second kappa shape index (κ2) is 5.12. The smallest absolute Gasteiger partial charge is 0.0682 e. The summed E-state index contributed by atoms with van der Waals surface area (Å²) in [6.07, 6.45) is 4.86. The Hall–Kier alpha value is -1.32. The van der Waals surface area contributed by atoms with Crippen LogP contribution in [0.2, 0.25) is 0 Å². The maximum atomic E-state index is 9.14. The second-order valence-electron chi connectivity index (χ2n) is 5.11. The lowest BCUT2D eigenvalue weighted by atomic mass is 10.2. The number of hydrogen-bond donors (Lipinski definition) is 1. The Balaban J connectivity index is 1.75. The zero-order valence-corrected chi connectivity index (χ0v) is 10.7. The van der Waals surface area contributed by atoms with E-state index in [1.54, 1.807) is 0 Å². The molecule has 0 amide bonds. The van der Waals surface area contributed by atoms with Gasteiger partial charge in [-0.25, -0.2) is 0 Å². The third kappa shape index (κ3) is 2.28. The molecule has 1 aliphatic heterocycles. The van der Waals surface area contributed by atoms with Crippen LogP contribution >= 0.6 is 0 Å². The molecule has 2 heterocycles. The van der Waals surface area contributed by atoms with Crippen molar-refractivity contribution in [2.75, 3.05) is 19.6 Å². The molecule has 0 saturated carbocycles. The molecule has 3 heteroatoms. The Bertz CT molecular complexity index is 526. The number of aromatic nitrogens is 1. The summed E-state index contributed by atoms with van der Waals surface area (Å²) in [6.45, 7) is 4.84. The maximum Gasteiger partial charge on any atom is 0.0682 e. The van der Waals surface area contributed by atoms with E-state index in [-0.39, 0.29) is 6.61 Å². The predicted octanol–water partition coefficient (Wildman–Crippen LogP) is 2.23. The molecule has 1 N–H and O–H groups in total. The number of aliphatic hydroxyl groups excluding tert-OH is 1. The van der Waals surface area contributed by atoms with Crippen molar-refractivity contribution in [2.24, 2.45) is 0 Å². The number of aliphatic hydroxyl groups is 1. The van der Waals surface area contributed by atoms with Crippen LogP contribution < -0.4 is 0 Å². The summed E-state index contributed by atoms with van der Waals surface area (Å²) in [5.41, 5.74) is 2.26. The zero-order chi connectivity index (χ0) is 12.4. The first kappa shape index (κ1) is 11.8. The van der Waals surface area contributed by atoms with Crippen LogP contribution in [0.1, 0.15) is 18.4 Å². The summed E-state index contributed by atoms with van der Waals surface area (Å²) in [6, 6.07) is 8.33. The minimum Gasteiger partial charge on any atom is -0.392 e. The highest BCUT2D eigenvalue weighted by molar-refractivity contribution is 5.80. The highest BCUT2D eigenvalue weighted by atomic mass is 16.3. The van der Waals surface area contributed by atoms with Gasteiger partial charge in [0.1, 0.15) is 0 Å². The fourth-order valence-corrected chi connectivity index (χ4v) is 2.80. The molecule has 0 aliphatic carbocycles. The molecule has 3 nitrogen and oxygen atoms in total. The molecule has 2 aromatic rings. The molecule has 0 spiro atoms. The van der Waals surface area contributed by atoms with Crippen molar-refractivity contribution < 1.29 is 5.11 Å². The monoisotopic (exact) mass is 244 g/mol. The molecule has 0 radical (unpaired) electrons. The van der Waals surface area contributed by atoms with Gasteiger partial charge < -0.3 is 14.6 Å². The molecule has 0 unspecified atom stereocenters. The Labute approximate surface area is 108 Å². The first-order valence-corrected chi connectivity index (χ1v) is 6.78. The van der Waals surface area contributed by atoms with Crippen molar-refractivity contribution in [1.82, 2.24) is 9.47 Å². The highest BCUT2D eigenvalue weighted by Gasteiger charge is 2.11. The van der Waals surface area contributed by atoms with E-state index in [4.69, 9.17) is 5.11 Å². The van der Waals surface area contributed by atoms with Crippen LogP contribution in [0, 0.1) is 0 Å². The lowest BCUT2D eigenvalue weighted by Gasteiger charge is -2.15. The first-order chi connectivity index (χ1) is 8.86. The van der Waals surface area contributed by atoms with Gasteiger partial charge in [-0.15, -0.1) is 0 Å². The molecule has 18 heavy (non-hydrogen) atoms. The molecule has 0 bridgehead atoms. The fraction of sp³-hybridized carbons (Fsp3) is 0.467. The van der Waals surface area contributed by atoms with E-state index in [9.17, 15) is 0 Å². The third-order valence-electron chi connectivity index (χ3n) is 3.87. The minimum atomic E-state index is 0.120.